The molecule has 0 unspecified atom stereocenters. The quantitative estimate of drug-likeness (QED) is 0.676. The predicted octanol–water partition coefficient (Wildman–Crippen LogP) is 1.76. The summed E-state index contributed by atoms with van der Waals surface area (Å²) < 4.78 is 7.14. The van der Waals surface area contributed by atoms with Crippen molar-refractivity contribution in [1.29, 1.82) is 0 Å². The Morgan fingerprint density at radius 2 is 1.90 bits per heavy atom. The summed E-state index contributed by atoms with van der Waals surface area (Å²) in [6.45, 7) is 10.5. The molecule has 0 saturated carbocycles. The first-order valence-electron chi connectivity index (χ1n) is 10.5. The van der Waals surface area contributed by atoms with Crippen molar-refractivity contribution in [2.45, 2.75) is 26.4 Å². The van der Waals surface area contributed by atoms with Gasteiger partial charge in [0.25, 0.3) is 5.91 Å². The van der Waals surface area contributed by atoms with Gasteiger partial charge in [-0.25, -0.2) is 0 Å². The normalized spacial score (nSPS) is 15.7. The third kappa shape index (κ3) is 6.40. The SMILES string of the molecule is COc1ccccc1C=CCN1CCN(CCn2cc(C(=O)NC(C)C)nn2)CC1. The molecule has 1 N–H and O–H groups in total. The summed E-state index contributed by atoms with van der Waals surface area (Å²) in [6, 6.07) is 8.14. The van der Waals surface area contributed by atoms with Crippen LogP contribution in [0.3, 0.4) is 0 Å². The second-order valence-electron chi connectivity index (χ2n) is 7.78. The number of benzene rings is 1. The van der Waals surface area contributed by atoms with Crippen molar-refractivity contribution >= 4 is 12.0 Å². The van der Waals surface area contributed by atoms with Crippen LogP contribution in [0.15, 0.2) is 36.5 Å². The number of hydrogen-bond acceptors (Lipinski definition) is 6. The summed E-state index contributed by atoms with van der Waals surface area (Å²) in [7, 11) is 1.70. The molecule has 162 valence electrons. The van der Waals surface area contributed by atoms with Crippen molar-refractivity contribution in [3.8, 4) is 5.75 Å². The molecular formula is C22H32N6O2. The highest BCUT2D eigenvalue weighted by Crippen LogP contribution is 2.18. The molecule has 1 saturated heterocycles. The fourth-order valence-electron chi connectivity index (χ4n) is 3.42. The van der Waals surface area contributed by atoms with Crippen LogP contribution in [0.1, 0.15) is 29.9 Å². The highest BCUT2D eigenvalue weighted by molar-refractivity contribution is 5.91. The highest BCUT2D eigenvalue weighted by Gasteiger charge is 2.16. The maximum absolute atomic E-state index is 12.0. The molecule has 0 atom stereocenters. The Labute approximate surface area is 178 Å². The van der Waals surface area contributed by atoms with Gasteiger partial charge in [0.1, 0.15) is 5.75 Å². The van der Waals surface area contributed by atoms with E-state index < -0.39 is 0 Å². The van der Waals surface area contributed by atoms with Crippen LogP contribution < -0.4 is 10.1 Å². The Hall–Kier alpha value is -2.71. The molecule has 2 heterocycles. The van der Waals surface area contributed by atoms with Crippen molar-refractivity contribution in [1.82, 2.24) is 30.1 Å². The van der Waals surface area contributed by atoms with E-state index in [2.05, 4.69) is 43.6 Å². The minimum absolute atomic E-state index is 0.0866. The second kappa shape index (κ2) is 10.9. The zero-order chi connectivity index (χ0) is 21.3. The summed E-state index contributed by atoms with van der Waals surface area (Å²) in [4.78, 5) is 16.8. The van der Waals surface area contributed by atoms with Crippen LogP contribution in [0.5, 0.6) is 5.75 Å². The Morgan fingerprint density at radius 1 is 1.17 bits per heavy atom. The molecule has 2 aromatic rings. The van der Waals surface area contributed by atoms with E-state index in [0.717, 1.165) is 57.1 Å². The van der Waals surface area contributed by atoms with E-state index in [4.69, 9.17) is 4.74 Å². The number of para-hydroxylation sites is 1. The van der Waals surface area contributed by atoms with E-state index in [0.29, 0.717) is 5.69 Å². The van der Waals surface area contributed by atoms with Gasteiger partial charge in [-0.1, -0.05) is 35.6 Å². The Kier molecular flexibility index (Phi) is 7.98. The van der Waals surface area contributed by atoms with Gasteiger partial charge in [-0.15, -0.1) is 5.10 Å². The smallest absolute Gasteiger partial charge is 0.273 e. The number of carbonyl (C=O) groups is 1. The number of nitrogens with zero attached hydrogens (tertiary/aromatic N) is 5. The first-order valence-corrected chi connectivity index (χ1v) is 10.5. The van der Waals surface area contributed by atoms with Gasteiger partial charge >= 0.3 is 0 Å². The van der Waals surface area contributed by atoms with Crippen molar-refractivity contribution < 1.29 is 9.53 Å². The van der Waals surface area contributed by atoms with Gasteiger partial charge in [-0.2, -0.15) is 0 Å². The van der Waals surface area contributed by atoms with Crippen LogP contribution in [0.25, 0.3) is 6.08 Å². The Morgan fingerprint density at radius 3 is 2.63 bits per heavy atom. The van der Waals surface area contributed by atoms with Gasteiger partial charge in [-0.3, -0.25) is 19.3 Å². The summed E-state index contributed by atoms with van der Waals surface area (Å²) in [5.41, 5.74) is 1.48. The summed E-state index contributed by atoms with van der Waals surface area (Å²) >= 11 is 0. The molecule has 1 aromatic heterocycles. The van der Waals surface area contributed by atoms with Crippen LogP contribution in [0.2, 0.25) is 0 Å². The molecule has 0 aliphatic carbocycles. The van der Waals surface area contributed by atoms with Crippen LogP contribution in [-0.4, -0.2) is 83.1 Å². The van der Waals surface area contributed by atoms with Crippen LogP contribution in [0.4, 0.5) is 0 Å². The van der Waals surface area contributed by atoms with E-state index in [1.165, 1.54) is 0 Å². The highest BCUT2D eigenvalue weighted by atomic mass is 16.5. The number of nitrogens with one attached hydrogen (secondary N) is 1. The fraction of sp³-hybridized carbons (Fsp3) is 0.500. The standard InChI is InChI=1S/C22H32N6O2/c1-18(2)23-22(29)20-17-28(25-24-20)16-15-27-13-11-26(12-14-27)10-6-8-19-7-4-5-9-21(19)30-3/h4-9,17-18H,10-16H2,1-3H3,(H,23,29). The Balaban J connectivity index is 1.38. The van der Waals surface area contributed by atoms with Gasteiger partial charge in [-0.05, 0) is 19.9 Å². The molecule has 30 heavy (non-hydrogen) atoms. The summed E-state index contributed by atoms with van der Waals surface area (Å²) in [6.07, 6.45) is 6.05. The Bertz CT molecular complexity index is 840. The monoisotopic (exact) mass is 412 g/mol. The number of hydrogen-bond donors (Lipinski definition) is 1. The lowest BCUT2D eigenvalue weighted by Gasteiger charge is -2.34. The van der Waals surface area contributed by atoms with Gasteiger partial charge in [0, 0.05) is 50.9 Å². The number of piperazine rings is 1. The lowest BCUT2D eigenvalue weighted by atomic mass is 10.2. The molecule has 8 nitrogen and oxygen atoms in total. The molecule has 1 aliphatic rings. The number of aromatic nitrogens is 3. The summed E-state index contributed by atoms with van der Waals surface area (Å²) in [5, 5.41) is 10.9. The molecule has 1 aromatic carbocycles. The number of rotatable bonds is 9. The van der Waals surface area contributed by atoms with E-state index in [9.17, 15) is 4.79 Å². The molecule has 0 radical (unpaired) electrons. The van der Waals surface area contributed by atoms with Gasteiger partial charge < -0.3 is 10.1 Å². The van der Waals surface area contributed by atoms with Gasteiger partial charge in [0.15, 0.2) is 5.69 Å². The van der Waals surface area contributed by atoms with E-state index in [-0.39, 0.29) is 11.9 Å². The molecule has 3 rings (SSSR count). The largest absolute Gasteiger partial charge is 0.496 e. The molecule has 1 aliphatic heterocycles. The number of carbonyl (C=O) groups excluding carboxylic acids is 1. The number of amides is 1. The van der Waals surface area contributed by atoms with Crippen LogP contribution in [-0.2, 0) is 6.54 Å². The molecule has 0 bridgehead atoms. The first kappa shape index (κ1) is 22.0. The molecule has 1 amide bonds. The lowest BCUT2D eigenvalue weighted by Crippen LogP contribution is -2.47. The third-order valence-corrected chi connectivity index (χ3v) is 5.10. The zero-order valence-electron chi connectivity index (χ0n) is 18.1. The first-order chi connectivity index (χ1) is 14.5. The van der Waals surface area contributed by atoms with Crippen molar-refractivity contribution in [3.63, 3.8) is 0 Å². The molecule has 1 fully saturated rings. The van der Waals surface area contributed by atoms with Crippen molar-refractivity contribution in [3.05, 3.63) is 47.8 Å². The van der Waals surface area contributed by atoms with Crippen molar-refractivity contribution in [2.24, 2.45) is 0 Å². The van der Waals surface area contributed by atoms with Crippen LogP contribution in [0, 0.1) is 0 Å². The van der Waals surface area contributed by atoms with Gasteiger partial charge in [0.2, 0.25) is 0 Å². The average Bonchev–Trinajstić information content (AvgIpc) is 3.22. The number of ether oxygens (including phenoxy) is 1. The van der Waals surface area contributed by atoms with Gasteiger partial charge in [0.05, 0.1) is 19.9 Å². The molecule has 8 heteroatoms. The zero-order valence-corrected chi connectivity index (χ0v) is 18.1. The van der Waals surface area contributed by atoms with Crippen LogP contribution >= 0.6 is 0 Å². The molecule has 0 spiro atoms. The van der Waals surface area contributed by atoms with E-state index in [1.54, 1.807) is 18.0 Å². The predicted molar refractivity (Wildman–Crippen MR) is 118 cm³/mol. The maximum Gasteiger partial charge on any atom is 0.273 e. The lowest BCUT2D eigenvalue weighted by molar-refractivity contribution is 0.0938. The third-order valence-electron chi connectivity index (χ3n) is 5.10. The minimum atomic E-state index is -0.175. The summed E-state index contributed by atoms with van der Waals surface area (Å²) in [5.74, 6) is 0.725. The fourth-order valence-corrected chi connectivity index (χ4v) is 3.42. The topological polar surface area (TPSA) is 75.5 Å². The van der Waals surface area contributed by atoms with E-state index >= 15 is 0 Å². The maximum atomic E-state index is 12.0. The number of methoxy groups -OCH3 is 1. The molecular weight excluding hydrogens is 380 g/mol. The van der Waals surface area contributed by atoms with Crippen molar-refractivity contribution in [2.75, 3.05) is 46.4 Å². The minimum Gasteiger partial charge on any atom is -0.496 e. The average molecular weight is 413 g/mol. The second-order valence-corrected chi connectivity index (χ2v) is 7.78. The van der Waals surface area contributed by atoms with E-state index in [1.807, 2.05) is 32.0 Å².